The Morgan fingerprint density at radius 3 is 2.68 bits per heavy atom. The predicted molar refractivity (Wildman–Crippen MR) is 88.9 cm³/mol. The molecule has 6 nitrogen and oxygen atoms in total. The molecular weight excluding hydrogens is 325 g/mol. The molecule has 25 heavy (non-hydrogen) atoms. The average molecular weight is 343 g/mol. The van der Waals surface area contributed by atoms with Crippen LogP contribution in [0.5, 0.6) is 11.6 Å². The Bertz CT molecular complexity index is 904. The zero-order valence-electron chi connectivity index (χ0n) is 13.5. The molecule has 1 aromatic carbocycles. The van der Waals surface area contributed by atoms with Crippen LogP contribution in [0.4, 0.5) is 4.39 Å². The summed E-state index contributed by atoms with van der Waals surface area (Å²) < 4.78 is 21.2. The number of phenolic OH excluding ortho intramolecular Hbond substituents is 1. The summed E-state index contributed by atoms with van der Waals surface area (Å²) in [5.41, 5.74) is 1.79. The second-order valence-corrected chi connectivity index (χ2v) is 6.30. The Hall–Kier alpha value is -2.67. The van der Waals surface area contributed by atoms with Gasteiger partial charge in [-0.3, -0.25) is 0 Å². The van der Waals surface area contributed by atoms with Crippen LogP contribution >= 0.6 is 0 Å². The molecule has 0 unspecified atom stereocenters. The fourth-order valence-electron chi connectivity index (χ4n) is 3.12. The molecule has 0 amide bonds. The van der Waals surface area contributed by atoms with Gasteiger partial charge < -0.3 is 14.9 Å². The van der Waals surface area contributed by atoms with Gasteiger partial charge in [-0.05, 0) is 49.9 Å². The van der Waals surface area contributed by atoms with Crippen molar-refractivity contribution in [2.45, 2.75) is 37.9 Å². The van der Waals surface area contributed by atoms with E-state index in [-0.39, 0.29) is 12.2 Å². The van der Waals surface area contributed by atoms with Crippen LogP contribution in [0.25, 0.3) is 16.9 Å². The van der Waals surface area contributed by atoms with Crippen molar-refractivity contribution >= 4 is 5.65 Å². The average Bonchev–Trinajstić information content (AvgIpc) is 3.03. The van der Waals surface area contributed by atoms with Gasteiger partial charge in [0.25, 0.3) is 0 Å². The van der Waals surface area contributed by atoms with Crippen molar-refractivity contribution in [1.29, 1.82) is 0 Å². The smallest absolute Gasteiger partial charge is 0.232 e. The molecule has 2 aromatic heterocycles. The third-order valence-corrected chi connectivity index (χ3v) is 4.51. The van der Waals surface area contributed by atoms with Gasteiger partial charge in [0.05, 0.1) is 18.0 Å². The van der Waals surface area contributed by atoms with Crippen LogP contribution in [-0.2, 0) is 0 Å². The Morgan fingerprint density at radius 2 is 1.92 bits per heavy atom. The molecule has 1 saturated carbocycles. The lowest BCUT2D eigenvalue weighted by Crippen LogP contribution is -2.26. The van der Waals surface area contributed by atoms with Gasteiger partial charge in [0.1, 0.15) is 6.10 Å². The van der Waals surface area contributed by atoms with Crippen LogP contribution in [0.15, 0.2) is 36.5 Å². The van der Waals surface area contributed by atoms with Gasteiger partial charge in [0.2, 0.25) is 5.88 Å². The van der Waals surface area contributed by atoms with E-state index in [2.05, 4.69) is 10.1 Å². The highest BCUT2D eigenvalue weighted by atomic mass is 19.1. The number of hydrogen-bond donors (Lipinski definition) is 2. The van der Waals surface area contributed by atoms with Crippen molar-refractivity contribution in [3.8, 4) is 22.9 Å². The first-order valence-electron chi connectivity index (χ1n) is 8.28. The number of hydrogen-bond acceptors (Lipinski definition) is 5. The molecule has 2 N–H and O–H groups in total. The van der Waals surface area contributed by atoms with Gasteiger partial charge in [-0.15, -0.1) is 5.10 Å². The Labute approximate surface area is 143 Å². The number of halogens is 1. The monoisotopic (exact) mass is 343 g/mol. The third kappa shape index (κ3) is 3.15. The maximum Gasteiger partial charge on any atom is 0.232 e. The topological polar surface area (TPSA) is 79.9 Å². The first-order chi connectivity index (χ1) is 12.1. The largest absolute Gasteiger partial charge is 0.505 e. The Morgan fingerprint density at radius 1 is 1.12 bits per heavy atom. The molecule has 1 fully saturated rings. The second-order valence-electron chi connectivity index (χ2n) is 6.30. The van der Waals surface area contributed by atoms with Gasteiger partial charge in [0, 0.05) is 11.6 Å². The molecule has 0 aliphatic heterocycles. The lowest BCUT2D eigenvalue weighted by atomic mass is 9.95. The number of imidazole rings is 1. The van der Waals surface area contributed by atoms with Crippen LogP contribution < -0.4 is 4.74 Å². The first-order valence-corrected chi connectivity index (χ1v) is 8.28. The third-order valence-electron chi connectivity index (χ3n) is 4.51. The number of fused-ring (bicyclic) bond motifs is 1. The van der Waals surface area contributed by atoms with E-state index in [1.165, 1.54) is 12.1 Å². The summed E-state index contributed by atoms with van der Waals surface area (Å²) in [6.07, 6.45) is 4.45. The van der Waals surface area contributed by atoms with Crippen molar-refractivity contribution in [2.24, 2.45) is 0 Å². The molecule has 4 rings (SSSR count). The van der Waals surface area contributed by atoms with Crippen molar-refractivity contribution in [3.05, 3.63) is 42.3 Å². The van der Waals surface area contributed by atoms with Crippen molar-refractivity contribution in [3.63, 3.8) is 0 Å². The van der Waals surface area contributed by atoms with E-state index >= 15 is 0 Å². The summed E-state index contributed by atoms with van der Waals surface area (Å²) in [7, 11) is 0. The molecule has 1 aliphatic rings. The van der Waals surface area contributed by atoms with Crippen LogP contribution in [0.2, 0.25) is 0 Å². The van der Waals surface area contributed by atoms with Crippen LogP contribution in [-0.4, -0.2) is 37.0 Å². The van der Waals surface area contributed by atoms with Gasteiger partial charge >= 0.3 is 0 Å². The number of aromatic hydroxyl groups is 1. The van der Waals surface area contributed by atoms with Crippen molar-refractivity contribution in [1.82, 2.24) is 14.6 Å². The zero-order valence-corrected chi connectivity index (χ0v) is 13.5. The first kappa shape index (κ1) is 15.8. The van der Waals surface area contributed by atoms with E-state index in [9.17, 15) is 14.6 Å². The minimum Gasteiger partial charge on any atom is -0.505 e. The Kier molecular flexibility index (Phi) is 4.01. The van der Waals surface area contributed by atoms with Gasteiger partial charge in [0.15, 0.2) is 17.2 Å². The highest BCUT2D eigenvalue weighted by Gasteiger charge is 2.21. The molecule has 130 valence electrons. The number of aliphatic hydroxyl groups excluding tert-OH is 1. The van der Waals surface area contributed by atoms with E-state index in [4.69, 9.17) is 4.74 Å². The van der Waals surface area contributed by atoms with Crippen molar-refractivity contribution in [2.75, 3.05) is 0 Å². The number of phenols is 1. The molecule has 0 radical (unpaired) electrons. The van der Waals surface area contributed by atoms with Gasteiger partial charge in [-0.2, -0.15) is 0 Å². The number of aliphatic hydroxyl groups is 1. The van der Waals surface area contributed by atoms with E-state index < -0.39 is 11.6 Å². The van der Waals surface area contributed by atoms with Gasteiger partial charge in [-0.25, -0.2) is 13.9 Å². The Balaban J connectivity index is 1.64. The number of ether oxygens (including phenoxy) is 1. The van der Waals surface area contributed by atoms with Crippen molar-refractivity contribution < 1.29 is 19.3 Å². The lowest BCUT2D eigenvalue weighted by Gasteiger charge is -2.25. The summed E-state index contributed by atoms with van der Waals surface area (Å²) in [4.78, 5) is 4.27. The standard InChI is InChI=1S/C18H18FN3O3/c19-14-9-11(1-6-16(14)24)15-10-20-17-7-8-18(21-22(15)17)25-13-4-2-12(23)3-5-13/h1,6-10,12-13,23-24H,2-5H2. The molecule has 3 aromatic rings. The summed E-state index contributed by atoms with van der Waals surface area (Å²) in [5, 5.41) is 23.4. The maximum atomic E-state index is 13.6. The molecule has 7 heteroatoms. The zero-order chi connectivity index (χ0) is 17.4. The molecule has 0 atom stereocenters. The molecule has 0 saturated heterocycles. The fraction of sp³-hybridized carbons (Fsp3) is 0.333. The summed E-state index contributed by atoms with van der Waals surface area (Å²) in [5.74, 6) is -0.623. The summed E-state index contributed by atoms with van der Waals surface area (Å²) in [6, 6.07) is 7.71. The number of aromatic nitrogens is 3. The lowest BCUT2D eigenvalue weighted by molar-refractivity contribution is 0.0637. The molecule has 1 aliphatic carbocycles. The molecular formula is C18H18FN3O3. The van der Waals surface area contributed by atoms with Crippen LogP contribution in [0.3, 0.4) is 0 Å². The SMILES string of the molecule is Oc1ccc(-c2cnc3ccc(OC4CCC(O)CC4)nn23)cc1F. The van der Waals surface area contributed by atoms with E-state index in [1.54, 1.807) is 28.9 Å². The van der Waals surface area contributed by atoms with E-state index in [1.807, 2.05) is 0 Å². The maximum absolute atomic E-state index is 13.6. The highest BCUT2D eigenvalue weighted by molar-refractivity contribution is 5.64. The normalized spacial score (nSPS) is 20.7. The number of rotatable bonds is 3. The second kappa shape index (κ2) is 6.33. The van der Waals surface area contributed by atoms with Crippen LogP contribution in [0.1, 0.15) is 25.7 Å². The van der Waals surface area contributed by atoms with E-state index in [0.717, 1.165) is 25.7 Å². The van der Waals surface area contributed by atoms with Crippen LogP contribution in [0, 0.1) is 5.82 Å². The quantitative estimate of drug-likeness (QED) is 0.764. The number of benzene rings is 1. The predicted octanol–water partition coefficient (Wildman–Crippen LogP) is 2.92. The highest BCUT2D eigenvalue weighted by Crippen LogP contribution is 2.27. The summed E-state index contributed by atoms with van der Waals surface area (Å²) >= 11 is 0. The van der Waals surface area contributed by atoms with E-state index in [0.29, 0.717) is 22.8 Å². The minimum atomic E-state index is -0.694. The summed E-state index contributed by atoms with van der Waals surface area (Å²) in [6.45, 7) is 0. The van der Waals surface area contributed by atoms with Gasteiger partial charge in [-0.1, -0.05) is 0 Å². The molecule has 2 heterocycles. The number of nitrogens with zero attached hydrogens (tertiary/aromatic N) is 3. The fourth-order valence-corrected chi connectivity index (χ4v) is 3.12. The molecule has 0 bridgehead atoms. The minimum absolute atomic E-state index is 0.0337. The molecule has 0 spiro atoms.